The predicted octanol–water partition coefficient (Wildman–Crippen LogP) is 6.70. The number of carbonyl (C=O) groups is 2. The maximum Gasteiger partial charge on any atom is 0.338 e. The van der Waals surface area contributed by atoms with Crippen LogP contribution in [0.4, 0.5) is 15.8 Å². The Labute approximate surface area is 216 Å². The summed E-state index contributed by atoms with van der Waals surface area (Å²) in [6.07, 6.45) is 0.251. The molecule has 0 aliphatic rings. The number of hydrogen-bond acceptors (Lipinski definition) is 4. The number of esters is 1. The van der Waals surface area contributed by atoms with Crippen molar-refractivity contribution in [2.45, 2.75) is 19.9 Å². The van der Waals surface area contributed by atoms with Crippen molar-refractivity contribution in [3.8, 4) is 11.1 Å². The molecule has 37 heavy (non-hydrogen) atoms. The molecule has 0 aliphatic carbocycles. The molecule has 188 valence electrons. The van der Waals surface area contributed by atoms with Crippen molar-refractivity contribution >= 4 is 23.3 Å². The van der Waals surface area contributed by atoms with Crippen molar-refractivity contribution in [3.63, 3.8) is 0 Å². The van der Waals surface area contributed by atoms with Gasteiger partial charge in [0.05, 0.1) is 12.2 Å². The molecule has 0 fully saturated rings. The number of halogens is 1. The lowest BCUT2D eigenvalue weighted by atomic mass is 10.1. The van der Waals surface area contributed by atoms with Gasteiger partial charge in [-0.15, -0.1) is 0 Å². The molecule has 0 aromatic heterocycles. The molecule has 0 saturated heterocycles. The third-order valence-corrected chi connectivity index (χ3v) is 5.91. The molecule has 1 N–H and O–H groups in total. The van der Waals surface area contributed by atoms with Gasteiger partial charge in [0.2, 0.25) is 5.91 Å². The maximum absolute atomic E-state index is 13.4. The summed E-state index contributed by atoms with van der Waals surface area (Å²) in [7, 11) is 0. The summed E-state index contributed by atoms with van der Waals surface area (Å²) in [4.78, 5) is 26.7. The Morgan fingerprint density at radius 3 is 2.11 bits per heavy atom. The molecule has 0 spiro atoms. The van der Waals surface area contributed by atoms with Gasteiger partial charge in [0.25, 0.3) is 0 Å². The van der Waals surface area contributed by atoms with E-state index in [-0.39, 0.29) is 18.1 Å². The van der Waals surface area contributed by atoms with E-state index in [9.17, 15) is 14.0 Å². The van der Waals surface area contributed by atoms with E-state index in [0.717, 1.165) is 22.4 Å². The van der Waals surface area contributed by atoms with Crippen LogP contribution in [0, 0.1) is 5.82 Å². The van der Waals surface area contributed by atoms with Crippen LogP contribution in [0.15, 0.2) is 103 Å². The molecule has 0 saturated carbocycles. The summed E-state index contributed by atoms with van der Waals surface area (Å²) in [6.45, 7) is 3.06. The first-order valence-corrected chi connectivity index (χ1v) is 12.2. The molecule has 4 rings (SSSR count). The second-order valence-electron chi connectivity index (χ2n) is 8.56. The summed E-state index contributed by atoms with van der Waals surface area (Å²) in [6, 6.07) is 31.4. The molecule has 6 heteroatoms. The van der Waals surface area contributed by atoms with Gasteiger partial charge in [-0.25, -0.2) is 9.18 Å². The van der Waals surface area contributed by atoms with E-state index in [1.807, 2.05) is 30.3 Å². The van der Waals surface area contributed by atoms with E-state index in [4.69, 9.17) is 4.74 Å². The lowest BCUT2D eigenvalue weighted by molar-refractivity contribution is -0.116. The number of anilines is 2. The van der Waals surface area contributed by atoms with Crippen LogP contribution >= 0.6 is 0 Å². The number of hydrogen-bond donors (Lipinski definition) is 1. The highest BCUT2D eigenvalue weighted by atomic mass is 19.1. The zero-order valence-corrected chi connectivity index (χ0v) is 20.7. The summed E-state index contributed by atoms with van der Waals surface area (Å²) in [5.41, 5.74) is 5.20. The van der Waals surface area contributed by atoms with Crippen molar-refractivity contribution in [3.05, 3.63) is 120 Å². The Balaban J connectivity index is 1.43. The summed E-state index contributed by atoms with van der Waals surface area (Å²) in [5.74, 6) is -0.820. The molecule has 0 heterocycles. The number of carbonyl (C=O) groups excluding carboxylic acids is 2. The van der Waals surface area contributed by atoms with Crippen LogP contribution in [0.3, 0.4) is 0 Å². The number of amides is 1. The molecular weight excluding hydrogens is 467 g/mol. The van der Waals surface area contributed by atoms with Crippen LogP contribution in [-0.4, -0.2) is 25.0 Å². The van der Waals surface area contributed by atoms with Crippen molar-refractivity contribution in [2.75, 3.05) is 23.4 Å². The third-order valence-electron chi connectivity index (χ3n) is 5.91. The molecular formula is C31H29FN2O3. The van der Waals surface area contributed by atoms with E-state index in [2.05, 4.69) is 34.5 Å². The number of ether oxygens (including phenoxy) is 1. The van der Waals surface area contributed by atoms with Gasteiger partial charge in [-0.05, 0) is 72.1 Å². The molecule has 0 radical (unpaired) electrons. The Kier molecular flexibility index (Phi) is 8.66. The fraction of sp³-hybridized carbons (Fsp3) is 0.161. The van der Waals surface area contributed by atoms with Gasteiger partial charge >= 0.3 is 5.97 Å². The van der Waals surface area contributed by atoms with Crippen LogP contribution in [0.25, 0.3) is 11.1 Å². The minimum Gasteiger partial charge on any atom is -0.462 e. The average Bonchev–Trinajstić information content (AvgIpc) is 2.93. The van der Waals surface area contributed by atoms with Crippen LogP contribution in [0.5, 0.6) is 0 Å². The molecule has 4 aromatic carbocycles. The third kappa shape index (κ3) is 7.27. The zero-order chi connectivity index (χ0) is 26.0. The number of nitrogens with one attached hydrogen (secondary N) is 1. The fourth-order valence-corrected chi connectivity index (χ4v) is 3.97. The molecule has 0 unspecified atom stereocenters. The van der Waals surface area contributed by atoms with Crippen molar-refractivity contribution in [1.82, 2.24) is 0 Å². The predicted molar refractivity (Wildman–Crippen MR) is 145 cm³/mol. The molecule has 4 aromatic rings. The van der Waals surface area contributed by atoms with Gasteiger partial charge in [0.1, 0.15) is 5.82 Å². The number of benzene rings is 4. The van der Waals surface area contributed by atoms with Gasteiger partial charge in [-0.3, -0.25) is 4.79 Å². The topological polar surface area (TPSA) is 58.6 Å². The largest absolute Gasteiger partial charge is 0.462 e. The van der Waals surface area contributed by atoms with Crippen LogP contribution in [0.2, 0.25) is 0 Å². The summed E-state index contributed by atoms with van der Waals surface area (Å²) >= 11 is 0. The highest BCUT2D eigenvalue weighted by Gasteiger charge is 2.12. The van der Waals surface area contributed by atoms with E-state index in [0.29, 0.717) is 30.9 Å². The lowest BCUT2D eigenvalue weighted by Crippen LogP contribution is -2.27. The van der Waals surface area contributed by atoms with Crippen molar-refractivity contribution in [1.29, 1.82) is 0 Å². The van der Waals surface area contributed by atoms with E-state index in [1.54, 1.807) is 43.3 Å². The van der Waals surface area contributed by atoms with Gasteiger partial charge < -0.3 is 15.0 Å². The van der Waals surface area contributed by atoms with Crippen LogP contribution < -0.4 is 10.2 Å². The summed E-state index contributed by atoms with van der Waals surface area (Å²) < 4.78 is 18.4. The number of nitrogens with zero attached hydrogens (tertiary/aromatic N) is 1. The van der Waals surface area contributed by atoms with Crippen LogP contribution in [-0.2, 0) is 16.1 Å². The van der Waals surface area contributed by atoms with Gasteiger partial charge in [0, 0.05) is 30.9 Å². The average molecular weight is 497 g/mol. The Hall–Kier alpha value is -4.45. The fourth-order valence-electron chi connectivity index (χ4n) is 3.97. The standard InChI is InChI=1S/C31H29FN2O3/c1-2-37-31(36)26-10-16-28(17-11-26)33-30(35)20-21-34(22-23-8-14-27(32)15-9-23)29-18-12-25(13-19-29)24-6-4-3-5-7-24/h3-19H,2,20-22H2,1H3,(H,33,35). The lowest BCUT2D eigenvalue weighted by Gasteiger charge is -2.25. The highest BCUT2D eigenvalue weighted by Crippen LogP contribution is 2.24. The Morgan fingerprint density at radius 2 is 1.46 bits per heavy atom. The maximum atomic E-state index is 13.4. The smallest absolute Gasteiger partial charge is 0.338 e. The van der Waals surface area contributed by atoms with Crippen LogP contribution in [0.1, 0.15) is 29.3 Å². The molecule has 0 atom stereocenters. The normalized spacial score (nSPS) is 10.5. The monoisotopic (exact) mass is 496 g/mol. The minimum absolute atomic E-state index is 0.145. The van der Waals surface area contributed by atoms with E-state index < -0.39 is 5.97 Å². The first-order chi connectivity index (χ1) is 18.0. The summed E-state index contributed by atoms with van der Waals surface area (Å²) in [5, 5.41) is 2.88. The SMILES string of the molecule is CCOC(=O)c1ccc(NC(=O)CCN(Cc2ccc(F)cc2)c2ccc(-c3ccccc3)cc2)cc1. The number of rotatable bonds is 10. The Morgan fingerprint density at radius 1 is 0.811 bits per heavy atom. The molecule has 0 aliphatic heterocycles. The minimum atomic E-state index is -0.393. The van der Waals surface area contributed by atoms with Crippen molar-refractivity contribution < 1.29 is 18.7 Å². The van der Waals surface area contributed by atoms with Gasteiger partial charge in [0.15, 0.2) is 0 Å². The second-order valence-corrected chi connectivity index (χ2v) is 8.56. The van der Waals surface area contributed by atoms with E-state index >= 15 is 0 Å². The first-order valence-electron chi connectivity index (χ1n) is 12.2. The molecule has 0 bridgehead atoms. The highest BCUT2D eigenvalue weighted by molar-refractivity contribution is 5.93. The zero-order valence-electron chi connectivity index (χ0n) is 20.7. The Bertz CT molecular complexity index is 1310. The van der Waals surface area contributed by atoms with E-state index in [1.165, 1.54) is 12.1 Å². The first kappa shape index (κ1) is 25.6. The van der Waals surface area contributed by atoms with Gasteiger partial charge in [-0.1, -0.05) is 54.6 Å². The van der Waals surface area contributed by atoms with Gasteiger partial charge in [-0.2, -0.15) is 0 Å². The quantitative estimate of drug-likeness (QED) is 0.248. The second kappa shape index (κ2) is 12.5. The molecule has 1 amide bonds. The van der Waals surface area contributed by atoms with Crippen molar-refractivity contribution in [2.24, 2.45) is 0 Å². The molecule has 5 nitrogen and oxygen atoms in total.